The van der Waals surface area contributed by atoms with Gasteiger partial charge in [0, 0.05) is 0 Å². The van der Waals surface area contributed by atoms with E-state index in [1.54, 1.807) is 0 Å². The normalized spacial score (nSPS) is 26.0. The van der Waals surface area contributed by atoms with E-state index in [4.69, 9.17) is 4.74 Å². The standard InChI is InChI=1S/C14H23NO3/c16-12-14(18-13(17)15-12)10-8-6-4-2-1-3-5-7-9-11-14/h1-11H2,(H,15,16,17). The van der Waals surface area contributed by atoms with E-state index in [9.17, 15) is 9.59 Å². The number of rotatable bonds is 0. The molecule has 0 aromatic rings. The number of carbonyl (C=O) groups is 2. The summed E-state index contributed by atoms with van der Waals surface area (Å²) in [6, 6.07) is 0. The summed E-state index contributed by atoms with van der Waals surface area (Å²) in [5.41, 5.74) is -0.851. The quantitative estimate of drug-likeness (QED) is 0.720. The number of carbonyl (C=O) groups excluding carboxylic acids is 2. The Morgan fingerprint density at radius 3 is 1.61 bits per heavy atom. The first-order valence-electron chi connectivity index (χ1n) is 7.27. The van der Waals surface area contributed by atoms with E-state index in [-0.39, 0.29) is 5.91 Å². The lowest BCUT2D eigenvalue weighted by Crippen LogP contribution is -2.39. The SMILES string of the molecule is O=C1NC(=O)C2(CCCCCCCCCCC2)O1. The molecule has 1 saturated carbocycles. The van der Waals surface area contributed by atoms with Gasteiger partial charge >= 0.3 is 6.09 Å². The maximum atomic E-state index is 11.9. The van der Waals surface area contributed by atoms with Crippen molar-refractivity contribution in [2.75, 3.05) is 0 Å². The van der Waals surface area contributed by atoms with Crippen molar-refractivity contribution in [1.29, 1.82) is 0 Å². The van der Waals surface area contributed by atoms with Gasteiger partial charge in [0.25, 0.3) is 5.91 Å². The second kappa shape index (κ2) is 6.21. The minimum atomic E-state index is -0.851. The molecule has 2 fully saturated rings. The molecule has 1 spiro atoms. The zero-order chi connectivity index (χ0) is 12.8. The molecule has 0 bridgehead atoms. The van der Waals surface area contributed by atoms with Crippen LogP contribution >= 0.6 is 0 Å². The number of ether oxygens (including phenoxy) is 1. The highest BCUT2D eigenvalue weighted by atomic mass is 16.6. The van der Waals surface area contributed by atoms with Crippen molar-refractivity contribution in [3.63, 3.8) is 0 Å². The van der Waals surface area contributed by atoms with E-state index in [1.807, 2.05) is 0 Å². The van der Waals surface area contributed by atoms with Gasteiger partial charge in [0.05, 0.1) is 0 Å². The van der Waals surface area contributed by atoms with Gasteiger partial charge in [-0.15, -0.1) is 0 Å². The first-order chi connectivity index (χ1) is 8.73. The molecule has 1 saturated heterocycles. The molecule has 0 aromatic carbocycles. The highest BCUT2D eigenvalue weighted by Gasteiger charge is 2.47. The number of imide groups is 1. The minimum absolute atomic E-state index is 0.218. The first-order valence-corrected chi connectivity index (χ1v) is 7.27. The van der Waals surface area contributed by atoms with Gasteiger partial charge in [0.1, 0.15) is 0 Å². The van der Waals surface area contributed by atoms with Crippen LogP contribution in [0.25, 0.3) is 0 Å². The van der Waals surface area contributed by atoms with Crippen LogP contribution in [0.5, 0.6) is 0 Å². The van der Waals surface area contributed by atoms with E-state index >= 15 is 0 Å². The van der Waals surface area contributed by atoms with Crippen LogP contribution in [0.4, 0.5) is 4.79 Å². The third-order valence-electron chi connectivity index (χ3n) is 4.08. The van der Waals surface area contributed by atoms with E-state index in [0.717, 1.165) is 25.7 Å². The predicted octanol–water partition coefficient (Wildman–Crippen LogP) is 3.30. The fourth-order valence-electron chi connectivity index (χ4n) is 2.97. The van der Waals surface area contributed by atoms with Crippen molar-refractivity contribution < 1.29 is 14.3 Å². The molecule has 0 radical (unpaired) electrons. The van der Waals surface area contributed by atoms with E-state index in [2.05, 4.69) is 5.32 Å². The van der Waals surface area contributed by atoms with Gasteiger partial charge in [-0.25, -0.2) is 4.79 Å². The second-order valence-corrected chi connectivity index (χ2v) is 5.52. The van der Waals surface area contributed by atoms with Crippen molar-refractivity contribution in [2.24, 2.45) is 0 Å². The highest BCUT2D eigenvalue weighted by Crippen LogP contribution is 2.31. The van der Waals surface area contributed by atoms with E-state index in [1.165, 1.54) is 32.1 Å². The summed E-state index contributed by atoms with van der Waals surface area (Å²) in [6.07, 6.45) is 11.4. The molecule has 2 aliphatic rings. The number of hydrogen-bond acceptors (Lipinski definition) is 3. The molecular formula is C14H23NO3. The Labute approximate surface area is 108 Å². The lowest BCUT2D eigenvalue weighted by molar-refractivity contribution is -0.132. The molecule has 18 heavy (non-hydrogen) atoms. The molecule has 1 heterocycles. The van der Waals surface area contributed by atoms with Gasteiger partial charge in [-0.1, -0.05) is 44.9 Å². The van der Waals surface area contributed by atoms with Crippen LogP contribution in [0.3, 0.4) is 0 Å². The smallest absolute Gasteiger partial charge is 0.415 e. The molecule has 1 aliphatic heterocycles. The Morgan fingerprint density at radius 1 is 0.778 bits per heavy atom. The molecule has 2 amide bonds. The maximum absolute atomic E-state index is 11.9. The summed E-state index contributed by atoms with van der Waals surface area (Å²) in [5, 5.41) is 2.29. The lowest BCUT2D eigenvalue weighted by atomic mass is 9.88. The third kappa shape index (κ3) is 3.24. The van der Waals surface area contributed by atoms with Crippen LogP contribution in [0.15, 0.2) is 0 Å². The average Bonchev–Trinajstić information content (AvgIpc) is 2.59. The molecule has 102 valence electrons. The van der Waals surface area contributed by atoms with Crippen molar-refractivity contribution in [3.8, 4) is 0 Å². The van der Waals surface area contributed by atoms with Gasteiger partial charge in [0.2, 0.25) is 0 Å². The van der Waals surface area contributed by atoms with Crippen LogP contribution in [-0.4, -0.2) is 17.6 Å². The molecule has 2 rings (SSSR count). The first kappa shape index (κ1) is 13.4. The van der Waals surface area contributed by atoms with Crippen LogP contribution < -0.4 is 5.32 Å². The van der Waals surface area contributed by atoms with E-state index in [0.29, 0.717) is 12.8 Å². The topological polar surface area (TPSA) is 55.4 Å². The highest BCUT2D eigenvalue weighted by molar-refractivity contribution is 6.02. The summed E-state index contributed by atoms with van der Waals surface area (Å²) < 4.78 is 5.31. The summed E-state index contributed by atoms with van der Waals surface area (Å²) >= 11 is 0. The van der Waals surface area contributed by atoms with Gasteiger partial charge in [-0.3, -0.25) is 10.1 Å². The Morgan fingerprint density at radius 2 is 1.22 bits per heavy atom. The van der Waals surface area contributed by atoms with Crippen LogP contribution in [0, 0.1) is 0 Å². The van der Waals surface area contributed by atoms with Crippen molar-refractivity contribution in [1.82, 2.24) is 5.32 Å². The van der Waals surface area contributed by atoms with Crippen LogP contribution in [0.2, 0.25) is 0 Å². The summed E-state index contributed by atoms with van der Waals surface area (Å²) in [7, 11) is 0. The Hall–Kier alpha value is -1.06. The fraction of sp³-hybridized carbons (Fsp3) is 0.857. The fourth-order valence-corrected chi connectivity index (χ4v) is 2.97. The number of alkyl carbamates (subject to hydrolysis) is 1. The Bertz CT molecular complexity index is 302. The number of amides is 2. The van der Waals surface area contributed by atoms with Crippen molar-refractivity contribution in [2.45, 2.75) is 76.2 Å². The third-order valence-corrected chi connectivity index (χ3v) is 4.08. The summed E-state index contributed by atoms with van der Waals surface area (Å²) in [6.45, 7) is 0. The average molecular weight is 253 g/mol. The largest absolute Gasteiger partial charge is 0.432 e. The predicted molar refractivity (Wildman–Crippen MR) is 68.1 cm³/mol. The van der Waals surface area contributed by atoms with Gasteiger partial charge in [-0.2, -0.15) is 0 Å². The summed E-state index contributed by atoms with van der Waals surface area (Å²) in [5.74, 6) is -0.218. The zero-order valence-corrected chi connectivity index (χ0v) is 11.0. The van der Waals surface area contributed by atoms with E-state index < -0.39 is 11.7 Å². The minimum Gasteiger partial charge on any atom is -0.432 e. The van der Waals surface area contributed by atoms with Crippen LogP contribution in [0.1, 0.15) is 70.6 Å². The number of nitrogens with one attached hydrogen (secondary N) is 1. The van der Waals surface area contributed by atoms with Crippen molar-refractivity contribution in [3.05, 3.63) is 0 Å². The zero-order valence-electron chi connectivity index (χ0n) is 11.0. The molecule has 0 atom stereocenters. The molecule has 0 unspecified atom stereocenters. The summed E-state index contributed by atoms with van der Waals surface area (Å²) in [4.78, 5) is 23.2. The monoisotopic (exact) mass is 253 g/mol. The molecule has 4 nitrogen and oxygen atoms in total. The van der Waals surface area contributed by atoms with Crippen molar-refractivity contribution >= 4 is 12.0 Å². The molecule has 1 N–H and O–H groups in total. The van der Waals surface area contributed by atoms with Gasteiger partial charge in [-0.05, 0) is 25.7 Å². The molecular weight excluding hydrogens is 230 g/mol. The molecule has 4 heteroatoms. The van der Waals surface area contributed by atoms with Gasteiger partial charge in [0.15, 0.2) is 5.60 Å². The van der Waals surface area contributed by atoms with Crippen LogP contribution in [-0.2, 0) is 9.53 Å². The Balaban J connectivity index is 1.96. The molecule has 1 aliphatic carbocycles. The molecule has 0 aromatic heterocycles. The lowest BCUT2D eigenvalue weighted by Gasteiger charge is -2.24. The van der Waals surface area contributed by atoms with Gasteiger partial charge < -0.3 is 4.74 Å². The maximum Gasteiger partial charge on any atom is 0.415 e. The Kier molecular flexibility index (Phi) is 4.61. The second-order valence-electron chi connectivity index (χ2n) is 5.52. The number of hydrogen-bond donors (Lipinski definition) is 1.